The zero-order valence-electron chi connectivity index (χ0n) is 42.2. The lowest BCUT2D eigenvalue weighted by Gasteiger charge is -2.59. The first-order chi connectivity index (χ1) is 34.5. The zero-order chi connectivity index (χ0) is 50.0. The molecule has 7 heterocycles. The van der Waals surface area contributed by atoms with Crippen LogP contribution in [0.4, 0.5) is 0 Å². The highest BCUT2D eigenvalue weighted by molar-refractivity contribution is 7.99. The summed E-state index contributed by atoms with van der Waals surface area (Å²) in [6, 6.07) is 5.27. The van der Waals surface area contributed by atoms with Crippen LogP contribution in [0.2, 0.25) is 0 Å². The van der Waals surface area contributed by atoms with Crippen LogP contribution < -0.4 is 39.1 Å². The second-order valence-electron chi connectivity index (χ2n) is 20.1. The first kappa shape index (κ1) is 50.7. The third kappa shape index (κ3) is 9.52. The summed E-state index contributed by atoms with van der Waals surface area (Å²) in [5.74, 6) is 0.958. The molecule has 10 rings (SSSR count). The van der Waals surface area contributed by atoms with Crippen molar-refractivity contribution in [1.29, 1.82) is 5.26 Å². The molecule has 382 valence electrons. The Morgan fingerprint density at radius 2 is 1.58 bits per heavy atom. The number of aryl methyl sites for hydroxylation is 1. The molecule has 0 aromatic heterocycles. The topological polar surface area (TPSA) is 187 Å². The molecule has 3 aromatic rings. The van der Waals surface area contributed by atoms with Crippen LogP contribution in [0.1, 0.15) is 166 Å². The molecule has 2 fully saturated rings. The number of hydrogen-bond acceptors (Lipinski definition) is 16. The van der Waals surface area contributed by atoms with Crippen molar-refractivity contribution in [3.63, 3.8) is 0 Å². The summed E-state index contributed by atoms with van der Waals surface area (Å²) in [5.41, 5.74) is 4.29. The smallest absolute Gasteiger partial charge is 0.331 e. The fourth-order valence-electron chi connectivity index (χ4n) is 12.3. The average molecular weight is 995 g/mol. The van der Waals surface area contributed by atoms with Crippen LogP contribution in [0.25, 0.3) is 0 Å². The monoisotopic (exact) mass is 994 g/mol. The zero-order valence-corrected chi connectivity index (χ0v) is 43.0. The lowest BCUT2D eigenvalue weighted by Crippen LogP contribution is -2.69. The van der Waals surface area contributed by atoms with E-state index < -0.39 is 46.9 Å². The number of fused-ring (bicyclic) bond motifs is 9. The minimum atomic E-state index is -1.41. The van der Waals surface area contributed by atoms with E-state index in [2.05, 4.69) is 28.5 Å². The van der Waals surface area contributed by atoms with Gasteiger partial charge in [-0.2, -0.15) is 5.26 Å². The summed E-state index contributed by atoms with van der Waals surface area (Å²) < 4.78 is 42.8. The minimum Gasteiger partial charge on any atom is -0.504 e. The van der Waals surface area contributed by atoms with Crippen LogP contribution in [0.5, 0.6) is 40.2 Å². The molecule has 1 unspecified atom stereocenters. The van der Waals surface area contributed by atoms with Crippen molar-refractivity contribution >= 4 is 29.7 Å². The van der Waals surface area contributed by atoms with Gasteiger partial charge in [0, 0.05) is 60.0 Å². The maximum atomic E-state index is 15.2. The van der Waals surface area contributed by atoms with Gasteiger partial charge >= 0.3 is 17.9 Å². The lowest BCUT2D eigenvalue weighted by atomic mass is 9.72. The number of phenolic OH excluding ortho intramolecular Hbond substituents is 1. The number of rotatable bonds is 18. The molecule has 3 N–H and O–H groups in total. The molecule has 15 nitrogen and oxygen atoms in total. The number of nitriles is 1. The van der Waals surface area contributed by atoms with Gasteiger partial charge in [-0.15, -0.1) is 11.8 Å². The summed E-state index contributed by atoms with van der Waals surface area (Å²) in [5, 5.41) is 30.0. The van der Waals surface area contributed by atoms with E-state index in [1.807, 2.05) is 26.0 Å². The Morgan fingerprint density at radius 3 is 2.25 bits per heavy atom. The van der Waals surface area contributed by atoms with Crippen LogP contribution in [-0.2, 0) is 37.5 Å². The second kappa shape index (κ2) is 21.9. The second-order valence-corrected chi connectivity index (χ2v) is 21.2. The summed E-state index contributed by atoms with van der Waals surface area (Å²) in [4.78, 5) is 43.7. The van der Waals surface area contributed by atoms with Crippen molar-refractivity contribution < 1.29 is 52.6 Å². The molecule has 2 saturated heterocycles. The predicted molar refractivity (Wildman–Crippen MR) is 268 cm³/mol. The third-order valence-corrected chi connectivity index (χ3v) is 17.1. The Kier molecular flexibility index (Phi) is 15.6. The van der Waals surface area contributed by atoms with Crippen molar-refractivity contribution in [3.05, 3.63) is 62.7 Å². The van der Waals surface area contributed by atoms with Gasteiger partial charge in [-0.1, -0.05) is 90.0 Å². The number of hydrogen-bond donors (Lipinski definition) is 3. The quantitative estimate of drug-likeness (QED) is 0.0621. The van der Waals surface area contributed by atoms with Crippen LogP contribution >= 0.6 is 11.8 Å². The molecular formula is C55H70N4O11S. The molecule has 0 radical (unpaired) electrons. The van der Waals surface area contributed by atoms with Crippen molar-refractivity contribution in [2.24, 2.45) is 0 Å². The predicted octanol–water partition coefficient (Wildman–Crippen LogP) is 9.33. The van der Waals surface area contributed by atoms with E-state index in [0.29, 0.717) is 88.1 Å². The molecule has 4 bridgehead atoms. The SMILES string of the molecule is CCCCCCCCCCCCCCCC(=O)Oc1cc2c(cc1OC)[C@@]1(CS[C@@H]3c4c(OC(C)=O)c(C)c5c(c4[C@H](COC1=O)N1C3[C@H]3N[C@H](Cc4cc(C)c(OC)c(O)c43)[C@@H]1C#N)OCO5)NCC2. The van der Waals surface area contributed by atoms with Gasteiger partial charge in [0.1, 0.15) is 18.4 Å². The Balaban J connectivity index is 1.03. The number of phenols is 1. The van der Waals surface area contributed by atoms with E-state index >= 15 is 4.79 Å². The van der Waals surface area contributed by atoms with E-state index in [1.165, 1.54) is 97.1 Å². The Hall–Kier alpha value is -5.21. The summed E-state index contributed by atoms with van der Waals surface area (Å²) in [6.07, 6.45) is 17.1. The van der Waals surface area contributed by atoms with Gasteiger partial charge in [0.2, 0.25) is 6.79 Å². The number of carbonyl (C=O) groups excluding carboxylic acids is 3. The highest BCUT2D eigenvalue weighted by Crippen LogP contribution is 2.63. The Morgan fingerprint density at radius 1 is 0.873 bits per heavy atom. The van der Waals surface area contributed by atoms with Gasteiger partial charge < -0.3 is 43.6 Å². The molecule has 0 amide bonds. The maximum absolute atomic E-state index is 15.2. The average Bonchev–Trinajstić information content (AvgIpc) is 3.85. The van der Waals surface area contributed by atoms with Crippen LogP contribution in [0.15, 0.2) is 18.2 Å². The standard InChI is InChI=1S/C55H70N4O11S/c1-7-8-9-10-11-12-13-14-15-16-17-18-19-20-42(61)70-41-25-34-21-22-57-55(36(34)26-40(41)64-5)29-71-53-45-44(52-51(67-30-68-52)32(3)50(45)69-33(4)60)39(28-66-54(55)63)59-38(27-56)37-24-35-23-31(2)49(65-6)48(62)43(35)46(58-37)47(53)59/h23,25-26,37-39,46-47,53,57-58,62H,7-22,24,28-30H2,1-6H3/t37-,38+,39+,46+,47?,53-,55-/m1/s1. The molecule has 0 aliphatic carbocycles. The summed E-state index contributed by atoms with van der Waals surface area (Å²) >= 11 is 1.47. The molecule has 3 aromatic carbocycles. The van der Waals surface area contributed by atoms with Crippen molar-refractivity contribution in [2.75, 3.05) is 39.9 Å². The van der Waals surface area contributed by atoms with E-state index in [9.17, 15) is 20.0 Å². The molecule has 16 heteroatoms. The van der Waals surface area contributed by atoms with Gasteiger partial charge in [-0.05, 0) is 67.5 Å². The summed E-state index contributed by atoms with van der Waals surface area (Å²) in [7, 11) is 3.05. The first-order valence-corrected chi connectivity index (χ1v) is 26.9. The minimum absolute atomic E-state index is 0.0211. The lowest BCUT2D eigenvalue weighted by molar-refractivity contribution is -0.155. The Bertz CT molecular complexity index is 2560. The van der Waals surface area contributed by atoms with E-state index in [-0.39, 0.29) is 36.9 Å². The van der Waals surface area contributed by atoms with E-state index in [0.717, 1.165) is 36.0 Å². The molecular weight excluding hydrogens is 925 g/mol. The number of benzene rings is 3. The molecule has 71 heavy (non-hydrogen) atoms. The number of esters is 3. The van der Waals surface area contributed by atoms with Gasteiger partial charge in [-0.25, -0.2) is 4.79 Å². The number of thioether (sulfide) groups is 1. The highest BCUT2D eigenvalue weighted by Gasteiger charge is 2.60. The van der Waals surface area contributed by atoms with Crippen molar-refractivity contribution in [2.45, 2.75) is 171 Å². The normalized spacial score (nSPS) is 24.7. The summed E-state index contributed by atoms with van der Waals surface area (Å²) in [6.45, 7) is 7.48. The first-order valence-electron chi connectivity index (χ1n) is 25.9. The molecule has 0 saturated carbocycles. The number of methoxy groups -OCH3 is 2. The number of ether oxygens (including phenoxy) is 7. The number of piperazine rings is 1. The van der Waals surface area contributed by atoms with E-state index in [4.69, 9.17) is 33.2 Å². The fraction of sp³-hybridized carbons (Fsp3) is 0.600. The van der Waals surface area contributed by atoms with Gasteiger partial charge in [0.05, 0.1) is 37.6 Å². The third-order valence-electron chi connectivity index (χ3n) is 15.6. The van der Waals surface area contributed by atoms with Crippen LogP contribution in [0, 0.1) is 25.2 Å². The van der Waals surface area contributed by atoms with Gasteiger partial charge in [0.25, 0.3) is 0 Å². The van der Waals surface area contributed by atoms with E-state index in [1.54, 1.807) is 6.07 Å². The van der Waals surface area contributed by atoms with Crippen LogP contribution in [0.3, 0.4) is 0 Å². The molecule has 7 atom stereocenters. The number of nitrogens with one attached hydrogen (secondary N) is 2. The molecule has 1 spiro atoms. The van der Waals surface area contributed by atoms with Crippen LogP contribution in [-0.4, -0.2) is 86.0 Å². The number of aromatic hydroxyl groups is 1. The highest BCUT2D eigenvalue weighted by atomic mass is 32.2. The number of nitrogens with zero attached hydrogens (tertiary/aromatic N) is 2. The molecule has 7 aliphatic rings. The van der Waals surface area contributed by atoms with Crippen molar-refractivity contribution in [1.82, 2.24) is 15.5 Å². The van der Waals surface area contributed by atoms with Gasteiger partial charge in [0.15, 0.2) is 40.0 Å². The largest absolute Gasteiger partial charge is 0.504 e. The maximum Gasteiger partial charge on any atom is 0.331 e. The Labute approximate surface area is 421 Å². The van der Waals surface area contributed by atoms with Crippen molar-refractivity contribution in [3.8, 4) is 46.3 Å². The number of carbonyl (C=O) groups is 3. The molecule has 7 aliphatic heterocycles. The van der Waals surface area contributed by atoms with Gasteiger partial charge in [-0.3, -0.25) is 19.8 Å². The number of unbranched alkanes of at least 4 members (excludes halogenated alkanes) is 12. The fourth-order valence-corrected chi connectivity index (χ4v) is 14.0.